The highest BCUT2D eigenvalue weighted by molar-refractivity contribution is 7.87. The van der Waals surface area contributed by atoms with Gasteiger partial charge in [0.25, 0.3) is 40.5 Å². The highest BCUT2D eigenvalue weighted by Crippen LogP contribution is 2.40. The quantitative estimate of drug-likeness (QED) is 0.0709. The summed E-state index contributed by atoms with van der Waals surface area (Å²) in [6.45, 7) is 6.87. The van der Waals surface area contributed by atoms with Gasteiger partial charge in [-0.05, 0) is 53.4 Å². The van der Waals surface area contributed by atoms with Crippen molar-refractivity contribution in [3.05, 3.63) is 23.3 Å². The number of hydrogen-bond donors (Lipinski definition) is 8. The molecule has 0 aliphatic rings. The van der Waals surface area contributed by atoms with Crippen molar-refractivity contribution in [2.45, 2.75) is 74.4 Å². The molecule has 0 aromatic carbocycles. The summed E-state index contributed by atoms with van der Waals surface area (Å²) in [7, 11) is -18.6. The van der Waals surface area contributed by atoms with Crippen molar-refractivity contribution in [3.63, 3.8) is 0 Å². The summed E-state index contributed by atoms with van der Waals surface area (Å²) in [6.07, 6.45) is -3.56. The lowest BCUT2D eigenvalue weighted by Crippen LogP contribution is -2.43. The lowest BCUT2D eigenvalue weighted by Gasteiger charge is -2.32. The summed E-state index contributed by atoms with van der Waals surface area (Å²) in [5.74, 6) is -7.15. The zero-order valence-corrected chi connectivity index (χ0v) is 27.2. The zero-order chi connectivity index (χ0) is 36.7. The number of hydrogen-bond acceptors (Lipinski definition) is 12. The van der Waals surface area contributed by atoms with E-state index in [2.05, 4.69) is 6.58 Å². The summed E-state index contributed by atoms with van der Waals surface area (Å²) < 4.78 is 124. The third kappa shape index (κ3) is 13.9. The molecule has 0 bridgehead atoms. The van der Waals surface area contributed by atoms with Crippen LogP contribution in [0.1, 0.15) is 53.4 Å². The molecule has 8 N–H and O–H groups in total. The second-order valence-electron chi connectivity index (χ2n) is 9.86. The largest absolute Gasteiger partial charge is 0.481 e. The Morgan fingerprint density at radius 2 is 0.778 bits per heavy atom. The Bertz CT molecular complexity index is 1530. The standard InChI is InChI=1S/C11H18O10S2.C10H16O10S2/c1-6(22(16,17)18)4-11(10(14)15,8(3)9(12)13)5-7(2)23(19,20)21;1-5(21(15,16)17)3-7(9(11)12)8(10(13)14)4-6(2)22(18,19)20/h6-7H,3-5H2,1-2H3,(H,12,13)(H,14,15)(H,16,17,18)(H,19,20,21);5-6H,3-4H2,1-2H3,(H,11,12)(H,13,14)(H,15,16,17)(H,18,19,20)/b;8-7+. The molecule has 0 aliphatic carbocycles. The van der Waals surface area contributed by atoms with E-state index in [1.54, 1.807) is 0 Å². The van der Waals surface area contributed by atoms with E-state index in [9.17, 15) is 58.0 Å². The van der Waals surface area contributed by atoms with Crippen LogP contribution in [-0.2, 0) is 59.7 Å². The van der Waals surface area contributed by atoms with Crippen molar-refractivity contribution in [3.8, 4) is 0 Å². The van der Waals surface area contributed by atoms with E-state index in [0.717, 1.165) is 27.7 Å². The maximum atomic E-state index is 11.6. The van der Waals surface area contributed by atoms with Crippen LogP contribution in [0.2, 0.25) is 0 Å². The molecule has 4 unspecified atom stereocenters. The van der Waals surface area contributed by atoms with Crippen LogP contribution >= 0.6 is 0 Å². The van der Waals surface area contributed by atoms with Gasteiger partial charge in [0.1, 0.15) is 5.41 Å². The SMILES string of the molecule is C=C(C(=O)O)C(CC(C)S(=O)(=O)O)(CC(C)S(=O)(=O)O)C(=O)O.CC(C/C(C(=O)O)=C(/CC(C)S(=O)(=O)O)C(=O)O)S(=O)(=O)O. The van der Waals surface area contributed by atoms with E-state index in [4.69, 9.17) is 33.5 Å². The summed E-state index contributed by atoms with van der Waals surface area (Å²) in [5, 5.41) is 29.8. The summed E-state index contributed by atoms with van der Waals surface area (Å²) in [6, 6.07) is 0. The average Bonchev–Trinajstić information content (AvgIpc) is 2.82. The Labute approximate surface area is 258 Å². The molecule has 20 nitrogen and oxygen atoms in total. The molecule has 0 aromatic heterocycles. The van der Waals surface area contributed by atoms with E-state index in [0.29, 0.717) is 0 Å². The first-order valence-corrected chi connectivity index (χ1v) is 17.9. The Morgan fingerprint density at radius 1 is 0.533 bits per heavy atom. The van der Waals surface area contributed by atoms with Crippen molar-refractivity contribution in [2.24, 2.45) is 5.41 Å². The minimum absolute atomic E-state index is 0.839. The summed E-state index contributed by atoms with van der Waals surface area (Å²) in [4.78, 5) is 45.0. The van der Waals surface area contributed by atoms with Gasteiger partial charge in [-0.2, -0.15) is 33.7 Å². The Morgan fingerprint density at radius 3 is 0.933 bits per heavy atom. The molecular weight excluding hydrogens is 700 g/mol. The van der Waals surface area contributed by atoms with Crippen LogP contribution in [0.3, 0.4) is 0 Å². The van der Waals surface area contributed by atoms with Gasteiger partial charge in [-0.1, -0.05) is 6.58 Å². The molecular formula is C21H34O20S4. The molecule has 0 heterocycles. The van der Waals surface area contributed by atoms with Crippen molar-refractivity contribution in [1.29, 1.82) is 0 Å². The van der Waals surface area contributed by atoms with E-state index < -0.39 is 133 Å². The van der Waals surface area contributed by atoms with E-state index in [1.807, 2.05) is 0 Å². The lowest BCUT2D eigenvalue weighted by molar-refractivity contribution is -0.150. The molecule has 0 spiro atoms. The molecule has 0 aliphatic heterocycles. The molecule has 4 atom stereocenters. The number of rotatable bonds is 17. The normalized spacial score (nSPS) is 17.2. The fourth-order valence-corrected chi connectivity index (χ4v) is 5.24. The maximum Gasteiger partial charge on any atom is 0.332 e. The fourth-order valence-electron chi connectivity index (χ4n) is 3.49. The molecule has 0 radical (unpaired) electrons. The van der Waals surface area contributed by atoms with Crippen LogP contribution in [0.4, 0.5) is 0 Å². The molecule has 262 valence electrons. The van der Waals surface area contributed by atoms with Crippen LogP contribution in [0.25, 0.3) is 0 Å². The van der Waals surface area contributed by atoms with Crippen molar-refractivity contribution >= 4 is 64.3 Å². The van der Waals surface area contributed by atoms with E-state index >= 15 is 0 Å². The summed E-state index contributed by atoms with van der Waals surface area (Å²) in [5.41, 5.74) is -5.21. The van der Waals surface area contributed by atoms with Crippen molar-refractivity contribution in [1.82, 2.24) is 0 Å². The highest BCUT2D eigenvalue weighted by Gasteiger charge is 2.49. The third-order valence-electron chi connectivity index (χ3n) is 6.41. The van der Waals surface area contributed by atoms with Crippen LogP contribution < -0.4 is 0 Å². The van der Waals surface area contributed by atoms with Crippen LogP contribution in [0, 0.1) is 5.41 Å². The Balaban J connectivity index is 0. The lowest BCUT2D eigenvalue weighted by atomic mass is 9.73. The summed E-state index contributed by atoms with van der Waals surface area (Å²) >= 11 is 0. The van der Waals surface area contributed by atoms with Gasteiger partial charge < -0.3 is 20.4 Å². The molecule has 0 saturated heterocycles. The molecule has 45 heavy (non-hydrogen) atoms. The molecule has 0 fully saturated rings. The van der Waals surface area contributed by atoms with Gasteiger partial charge in [-0.25, -0.2) is 14.4 Å². The van der Waals surface area contributed by atoms with Gasteiger partial charge in [0.2, 0.25) is 0 Å². The Kier molecular flexibility index (Phi) is 15.7. The molecule has 0 rings (SSSR count). The van der Waals surface area contributed by atoms with Gasteiger partial charge in [0, 0.05) is 16.7 Å². The average molecular weight is 735 g/mol. The van der Waals surface area contributed by atoms with E-state index in [-0.39, 0.29) is 0 Å². The maximum absolute atomic E-state index is 11.6. The van der Waals surface area contributed by atoms with Gasteiger partial charge in [-0.15, -0.1) is 0 Å². The van der Waals surface area contributed by atoms with Gasteiger partial charge in [0.05, 0.1) is 21.0 Å². The monoisotopic (exact) mass is 734 g/mol. The zero-order valence-electron chi connectivity index (χ0n) is 24.0. The topological polar surface area (TPSA) is 367 Å². The molecule has 0 aromatic rings. The van der Waals surface area contributed by atoms with E-state index in [1.165, 1.54) is 0 Å². The number of carboxylic acids is 4. The third-order valence-corrected chi connectivity index (χ3v) is 11.1. The first-order valence-electron chi connectivity index (χ1n) is 11.9. The first kappa shape index (κ1) is 44.1. The smallest absolute Gasteiger partial charge is 0.332 e. The number of carbonyl (C=O) groups is 4. The highest BCUT2D eigenvalue weighted by atomic mass is 32.2. The first-order chi connectivity index (χ1) is 19.7. The second kappa shape index (κ2) is 16.0. The minimum atomic E-state index is -4.71. The molecule has 0 amide bonds. The predicted octanol–water partition coefficient (Wildman–Crippen LogP) is -0.184. The van der Waals surface area contributed by atoms with Crippen LogP contribution in [0.15, 0.2) is 23.3 Å². The van der Waals surface area contributed by atoms with Crippen LogP contribution in [-0.4, -0.2) is 117 Å². The van der Waals surface area contributed by atoms with Gasteiger partial charge in [-0.3, -0.25) is 23.0 Å². The van der Waals surface area contributed by atoms with Gasteiger partial charge >= 0.3 is 23.9 Å². The number of carboxylic acid groups (broad SMARTS) is 4. The van der Waals surface area contributed by atoms with Crippen molar-refractivity contribution < 1.29 is 91.5 Å². The second-order valence-corrected chi connectivity index (χ2v) is 17.2. The molecule has 0 saturated carbocycles. The van der Waals surface area contributed by atoms with Crippen molar-refractivity contribution in [2.75, 3.05) is 0 Å². The van der Waals surface area contributed by atoms with Crippen LogP contribution in [0.5, 0.6) is 0 Å². The Hall–Kier alpha value is -3.00. The fraction of sp³-hybridized carbons (Fsp3) is 0.619. The molecule has 24 heteroatoms. The minimum Gasteiger partial charge on any atom is -0.481 e. The van der Waals surface area contributed by atoms with Gasteiger partial charge in [0.15, 0.2) is 0 Å². The predicted molar refractivity (Wildman–Crippen MR) is 152 cm³/mol. The number of aliphatic carboxylic acids is 4.